The van der Waals surface area contributed by atoms with Gasteiger partial charge in [0.25, 0.3) is 0 Å². The number of nitrogens with zero attached hydrogens (tertiary/aromatic N) is 7. The van der Waals surface area contributed by atoms with Crippen LogP contribution in [0.25, 0.3) is 22.6 Å². The largest absolute Gasteiger partial charge is 0.377 e. The number of ether oxygens (including phenoxy) is 1. The number of aryl methyl sites for hydroxylation is 1. The van der Waals surface area contributed by atoms with Crippen LogP contribution < -0.4 is 5.32 Å². The number of aromatic nitrogens is 7. The first-order chi connectivity index (χ1) is 17.7. The molecule has 36 heavy (non-hydrogen) atoms. The summed E-state index contributed by atoms with van der Waals surface area (Å²) < 4.78 is 7.24. The smallest absolute Gasteiger partial charge is 0.180 e. The number of hydrogen-bond acceptors (Lipinski definition) is 8. The predicted molar refractivity (Wildman–Crippen MR) is 136 cm³/mol. The van der Waals surface area contributed by atoms with Gasteiger partial charge >= 0.3 is 0 Å². The monoisotopic (exact) mass is 476 g/mol. The minimum absolute atomic E-state index is 0.351. The highest BCUT2D eigenvalue weighted by atomic mass is 16.5. The van der Waals surface area contributed by atoms with Gasteiger partial charge in [-0.3, -0.25) is 4.68 Å². The van der Waals surface area contributed by atoms with E-state index in [-0.39, 0.29) is 0 Å². The molecule has 1 aliphatic heterocycles. The summed E-state index contributed by atoms with van der Waals surface area (Å²) in [6, 6.07) is 18.2. The zero-order chi connectivity index (χ0) is 24.3. The van der Waals surface area contributed by atoms with E-state index in [0.717, 1.165) is 47.1 Å². The Morgan fingerprint density at radius 3 is 2.47 bits per heavy atom. The molecule has 1 aliphatic rings. The van der Waals surface area contributed by atoms with Gasteiger partial charge in [0.05, 0.1) is 25.5 Å². The Kier molecular flexibility index (Phi) is 5.88. The zero-order valence-electron chi connectivity index (χ0n) is 19.7. The van der Waals surface area contributed by atoms with Gasteiger partial charge in [-0.2, -0.15) is 5.10 Å². The van der Waals surface area contributed by atoms with Crippen LogP contribution in [-0.2, 0) is 11.2 Å². The van der Waals surface area contributed by atoms with Crippen LogP contribution in [-0.4, -0.2) is 47.9 Å². The summed E-state index contributed by atoms with van der Waals surface area (Å²) in [4.78, 5) is 22.6. The van der Waals surface area contributed by atoms with Crippen molar-refractivity contribution in [2.75, 3.05) is 18.5 Å². The number of benzene rings is 1. The minimum atomic E-state index is 0.351. The van der Waals surface area contributed by atoms with Gasteiger partial charge in [-0.05, 0) is 42.3 Å². The number of anilines is 2. The molecular weight excluding hydrogens is 452 g/mol. The quantitative estimate of drug-likeness (QED) is 0.369. The zero-order valence-corrected chi connectivity index (χ0v) is 19.7. The Bertz CT molecular complexity index is 1490. The SMILES string of the molecule is Cc1cccc(-c2nccc(Nc3ccnc(Cc4ccc(-c5cnn(C6COC6)c5)cc4)n3)n2)n1. The molecule has 0 radical (unpaired) electrons. The molecule has 178 valence electrons. The van der Waals surface area contributed by atoms with E-state index in [9.17, 15) is 0 Å². The van der Waals surface area contributed by atoms with Crippen molar-refractivity contribution in [3.63, 3.8) is 0 Å². The molecule has 4 aromatic heterocycles. The predicted octanol–water partition coefficient (Wildman–Crippen LogP) is 4.41. The maximum absolute atomic E-state index is 5.26. The van der Waals surface area contributed by atoms with Gasteiger partial charge in [-0.15, -0.1) is 0 Å². The minimum Gasteiger partial charge on any atom is -0.377 e. The molecule has 1 aromatic carbocycles. The average molecular weight is 477 g/mol. The highest BCUT2D eigenvalue weighted by molar-refractivity contribution is 5.62. The van der Waals surface area contributed by atoms with E-state index in [1.807, 2.05) is 42.1 Å². The summed E-state index contributed by atoms with van der Waals surface area (Å²) >= 11 is 0. The van der Waals surface area contributed by atoms with E-state index in [1.165, 1.54) is 0 Å². The molecule has 0 spiro atoms. The molecule has 9 heteroatoms. The molecule has 9 nitrogen and oxygen atoms in total. The van der Waals surface area contributed by atoms with Gasteiger partial charge in [0.1, 0.15) is 23.2 Å². The second-order valence-corrected chi connectivity index (χ2v) is 8.69. The summed E-state index contributed by atoms with van der Waals surface area (Å²) in [5.74, 6) is 2.60. The van der Waals surface area contributed by atoms with Gasteiger partial charge in [-0.1, -0.05) is 30.3 Å². The standard InChI is InChI=1S/C27H24N8O/c1-18-3-2-4-23(31-18)27-29-12-10-25(34-27)32-24-9-11-28-26(33-24)13-19-5-7-20(8-6-19)21-14-30-35(15-21)22-16-36-17-22/h2-12,14-15,22H,13,16-17H2,1H3,(H,28,29,32,33,34). The molecule has 5 heterocycles. The lowest BCUT2D eigenvalue weighted by Gasteiger charge is -2.25. The maximum Gasteiger partial charge on any atom is 0.180 e. The Hall–Kier alpha value is -4.50. The van der Waals surface area contributed by atoms with E-state index in [1.54, 1.807) is 18.5 Å². The molecule has 0 bridgehead atoms. The fraction of sp³-hybridized carbons (Fsp3) is 0.185. The van der Waals surface area contributed by atoms with Crippen LogP contribution in [0, 0.1) is 6.92 Å². The normalized spacial score (nSPS) is 13.4. The lowest BCUT2D eigenvalue weighted by molar-refractivity contribution is -0.0286. The second kappa shape index (κ2) is 9.63. The summed E-state index contributed by atoms with van der Waals surface area (Å²) in [6.07, 6.45) is 8.06. The molecule has 1 N–H and O–H groups in total. The summed E-state index contributed by atoms with van der Waals surface area (Å²) in [5, 5.41) is 7.73. The Labute approximate surface area is 208 Å². The van der Waals surface area contributed by atoms with Crippen molar-refractivity contribution in [2.45, 2.75) is 19.4 Å². The highest BCUT2D eigenvalue weighted by Gasteiger charge is 2.21. The summed E-state index contributed by atoms with van der Waals surface area (Å²) in [7, 11) is 0. The molecule has 0 atom stereocenters. The van der Waals surface area contributed by atoms with E-state index in [2.05, 4.69) is 65.8 Å². The first-order valence-electron chi connectivity index (χ1n) is 11.8. The van der Waals surface area contributed by atoms with Crippen molar-refractivity contribution >= 4 is 11.6 Å². The van der Waals surface area contributed by atoms with Gasteiger partial charge in [0.15, 0.2) is 5.82 Å². The van der Waals surface area contributed by atoms with Crippen LogP contribution in [0.4, 0.5) is 11.6 Å². The first kappa shape index (κ1) is 22.0. The van der Waals surface area contributed by atoms with Crippen LogP contribution in [0.5, 0.6) is 0 Å². The molecule has 0 aliphatic carbocycles. The molecular formula is C27H24N8O. The lowest BCUT2D eigenvalue weighted by atomic mass is 10.1. The Morgan fingerprint density at radius 2 is 1.69 bits per heavy atom. The maximum atomic E-state index is 5.26. The fourth-order valence-electron chi connectivity index (χ4n) is 3.96. The average Bonchev–Trinajstić information content (AvgIpc) is 3.33. The number of nitrogens with one attached hydrogen (secondary N) is 1. The van der Waals surface area contributed by atoms with Crippen molar-refractivity contribution in [1.29, 1.82) is 0 Å². The third kappa shape index (κ3) is 4.82. The summed E-state index contributed by atoms with van der Waals surface area (Å²) in [6.45, 7) is 3.41. The topological polar surface area (TPSA) is 104 Å². The van der Waals surface area contributed by atoms with Crippen molar-refractivity contribution in [2.24, 2.45) is 0 Å². The highest BCUT2D eigenvalue weighted by Crippen LogP contribution is 2.24. The number of pyridine rings is 1. The second-order valence-electron chi connectivity index (χ2n) is 8.69. The van der Waals surface area contributed by atoms with E-state index < -0.39 is 0 Å². The van der Waals surface area contributed by atoms with Gasteiger partial charge in [0, 0.05) is 36.3 Å². The molecule has 0 saturated carbocycles. The molecule has 1 saturated heterocycles. The third-order valence-electron chi connectivity index (χ3n) is 5.98. The van der Waals surface area contributed by atoms with Crippen LogP contribution in [0.2, 0.25) is 0 Å². The van der Waals surface area contributed by atoms with Crippen LogP contribution in [0.15, 0.2) is 79.4 Å². The molecule has 0 unspecified atom stereocenters. The van der Waals surface area contributed by atoms with E-state index in [0.29, 0.717) is 29.9 Å². The first-order valence-corrected chi connectivity index (χ1v) is 11.8. The number of hydrogen-bond donors (Lipinski definition) is 1. The number of rotatable bonds is 7. The Morgan fingerprint density at radius 1 is 0.889 bits per heavy atom. The molecule has 6 rings (SSSR count). The van der Waals surface area contributed by atoms with E-state index >= 15 is 0 Å². The van der Waals surface area contributed by atoms with Crippen molar-refractivity contribution in [1.82, 2.24) is 34.7 Å². The van der Waals surface area contributed by atoms with Gasteiger partial charge in [-0.25, -0.2) is 24.9 Å². The van der Waals surface area contributed by atoms with Crippen LogP contribution >= 0.6 is 0 Å². The van der Waals surface area contributed by atoms with Crippen molar-refractivity contribution < 1.29 is 4.74 Å². The van der Waals surface area contributed by atoms with Crippen molar-refractivity contribution in [3.8, 4) is 22.6 Å². The van der Waals surface area contributed by atoms with E-state index in [4.69, 9.17) is 4.74 Å². The third-order valence-corrected chi connectivity index (χ3v) is 5.98. The fourth-order valence-corrected chi connectivity index (χ4v) is 3.96. The van der Waals surface area contributed by atoms with Crippen molar-refractivity contribution in [3.05, 3.63) is 96.5 Å². The molecule has 0 amide bonds. The van der Waals surface area contributed by atoms with Crippen LogP contribution in [0.1, 0.15) is 23.1 Å². The van der Waals surface area contributed by atoms with Gasteiger partial charge in [0.2, 0.25) is 0 Å². The summed E-state index contributed by atoms with van der Waals surface area (Å²) in [5.41, 5.74) is 5.01. The van der Waals surface area contributed by atoms with Gasteiger partial charge < -0.3 is 10.1 Å². The lowest BCUT2D eigenvalue weighted by Crippen LogP contribution is -2.30. The Balaban J connectivity index is 1.14. The molecule has 1 fully saturated rings. The molecule has 5 aromatic rings. The van der Waals surface area contributed by atoms with Crippen LogP contribution in [0.3, 0.4) is 0 Å².